The molecule has 0 spiro atoms. The topological polar surface area (TPSA) is 42.2 Å². The van der Waals surface area contributed by atoms with Crippen molar-refractivity contribution < 1.29 is 13.2 Å². The molecule has 2 N–H and O–H groups in total. The monoisotopic (exact) mass is 315 g/mol. The van der Waals surface area contributed by atoms with Gasteiger partial charge in [-0.3, -0.25) is 4.90 Å². The highest BCUT2D eigenvalue weighted by Crippen LogP contribution is 2.38. The first-order chi connectivity index (χ1) is 8.38. The van der Waals surface area contributed by atoms with Gasteiger partial charge in [-0.25, -0.2) is 4.98 Å². The highest BCUT2D eigenvalue weighted by atomic mass is 35.5. The summed E-state index contributed by atoms with van der Waals surface area (Å²) in [5.74, 6) is -1.23. The zero-order valence-corrected chi connectivity index (χ0v) is 12.1. The molecule has 2 unspecified atom stereocenters. The fourth-order valence-electron chi connectivity index (χ4n) is 2.47. The summed E-state index contributed by atoms with van der Waals surface area (Å²) in [7, 11) is 0. The maximum absolute atomic E-state index is 12.9. The highest BCUT2D eigenvalue weighted by Gasteiger charge is 2.46. The predicted molar refractivity (Wildman–Crippen MR) is 72.4 cm³/mol. The van der Waals surface area contributed by atoms with E-state index in [1.807, 2.05) is 4.90 Å². The van der Waals surface area contributed by atoms with Gasteiger partial charge in [0.2, 0.25) is 0 Å². The number of halogens is 4. The van der Waals surface area contributed by atoms with E-state index in [2.05, 4.69) is 4.98 Å². The van der Waals surface area contributed by atoms with Gasteiger partial charge in [0.1, 0.15) is 0 Å². The van der Waals surface area contributed by atoms with Gasteiger partial charge in [-0.1, -0.05) is 0 Å². The van der Waals surface area contributed by atoms with E-state index >= 15 is 0 Å². The molecule has 0 saturated carbocycles. The Morgan fingerprint density at radius 1 is 1.53 bits per heavy atom. The van der Waals surface area contributed by atoms with E-state index in [1.54, 1.807) is 13.1 Å². The number of nitrogens with zero attached hydrogens (tertiary/aromatic N) is 2. The van der Waals surface area contributed by atoms with E-state index in [0.29, 0.717) is 24.6 Å². The fourth-order valence-corrected chi connectivity index (χ4v) is 3.18. The molecule has 0 radical (unpaired) electrons. The smallest absolute Gasteiger partial charge is 0.375 e. The molecule has 1 saturated heterocycles. The molecular weight excluding hydrogens is 299 g/mol. The molecule has 8 heteroatoms. The molecule has 1 aromatic heterocycles. The molecule has 1 fully saturated rings. The van der Waals surface area contributed by atoms with Crippen LogP contribution in [-0.4, -0.2) is 28.6 Å². The first-order valence-electron chi connectivity index (χ1n) is 5.89. The second-order valence-electron chi connectivity index (χ2n) is 4.67. The van der Waals surface area contributed by atoms with Gasteiger partial charge in [0.05, 0.1) is 5.92 Å². The Morgan fingerprint density at radius 3 is 2.74 bits per heavy atom. The molecule has 0 aromatic carbocycles. The Labute approximate surface area is 120 Å². The normalized spacial score (nSPS) is 25.1. The quantitative estimate of drug-likeness (QED) is 0.910. The zero-order valence-electron chi connectivity index (χ0n) is 10.5. The van der Waals surface area contributed by atoms with Crippen LogP contribution in [0.1, 0.15) is 24.6 Å². The molecule has 1 aliphatic rings. The average molecular weight is 316 g/mol. The lowest BCUT2D eigenvalue weighted by atomic mass is 9.89. The third kappa shape index (κ3) is 3.97. The van der Waals surface area contributed by atoms with Crippen LogP contribution < -0.4 is 5.73 Å². The number of likely N-dealkylation sites (tertiary alicyclic amines) is 1. The number of nitrogen functional groups attached to an aromatic ring is 1. The lowest BCUT2D eigenvalue weighted by Crippen LogP contribution is -2.48. The Morgan fingerprint density at radius 2 is 2.21 bits per heavy atom. The molecule has 2 atom stereocenters. The van der Waals surface area contributed by atoms with Crippen molar-refractivity contribution >= 4 is 28.9 Å². The zero-order chi connectivity index (χ0) is 13.3. The number of hydrogen-bond donors (Lipinski definition) is 1. The van der Waals surface area contributed by atoms with Gasteiger partial charge in [-0.15, -0.1) is 23.7 Å². The summed E-state index contributed by atoms with van der Waals surface area (Å²) in [4.78, 5) is 6.71. The van der Waals surface area contributed by atoms with Crippen LogP contribution in [0.25, 0.3) is 0 Å². The van der Waals surface area contributed by atoms with Crippen molar-refractivity contribution in [3.05, 3.63) is 11.1 Å². The van der Waals surface area contributed by atoms with Gasteiger partial charge in [0.25, 0.3) is 0 Å². The van der Waals surface area contributed by atoms with Crippen LogP contribution >= 0.6 is 23.7 Å². The summed E-state index contributed by atoms with van der Waals surface area (Å²) in [5.41, 5.74) is 5.52. The molecule has 2 heterocycles. The molecule has 0 bridgehead atoms. The molecule has 19 heavy (non-hydrogen) atoms. The molecular formula is C11H17ClF3N3S. The van der Waals surface area contributed by atoms with Gasteiger partial charge >= 0.3 is 6.18 Å². The lowest BCUT2D eigenvalue weighted by Gasteiger charge is -2.39. The van der Waals surface area contributed by atoms with Crippen molar-refractivity contribution in [2.24, 2.45) is 5.92 Å². The number of hydrogen-bond acceptors (Lipinski definition) is 4. The van der Waals surface area contributed by atoms with Crippen LogP contribution in [0, 0.1) is 5.92 Å². The highest BCUT2D eigenvalue weighted by molar-refractivity contribution is 7.15. The van der Waals surface area contributed by atoms with Gasteiger partial charge in [0, 0.05) is 23.7 Å². The Bertz CT molecular complexity index is 410. The summed E-state index contributed by atoms with van der Waals surface area (Å²) in [5, 5.41) is 0.460. The van der Waals surface area contributed by atoms with E-state index in [-0.39, 0.29) is 18.8 Å². The van der Waals surface area contributed by atoms with Gasteiger partial charge in [-0.2, -0.15) is 13.2 Å². The van der Waals surface area contributed by atoms with E-state index in [1.165, 1.54) is 11.3 Å². The van der Waals surface area contributed by atoms with Crippen LogP contribution in [-0.2, 0) is 6.54 Å². The minimum atomic E-state index is -4.11. The summed E-state index contributed by atoms with van der Waals surface area (Å²) in [6.07, 6.45) is -1.65. The summed E-state index contributed by atoms with van der Waals surface area (Å²) in [6.45, 7) is 2.86. The fraction of sp³-hybridized carbons (Fsp3) is 0.727. The van der Waals surface area contributed by atoms with Gasteiger partial charge in [0.15, 0.2) is 5.13 Å². The van der Waals surface area contributed by atoms with Gasteiger partial charge < -0.3 is 5.73 Å². The third-order valence-corrected chi connectivity index (χ3v) is 4.28. The van der Waals surface area contributed by atoms with E-state index < -0.39 is 18.1 Å². The van der Waals surface area contributed by atoms with Crippen LogP contribution in [0.15, 0.2) is 6.20 Å². The van der Waals surface area contributed by atoms with Crippen LogP contribution in [0.3, 0.4) is 0 Å². The Balaban J connectivity index is 0.00000180. The first-order valence-corrected chi connectivity index (χ1v) is 6.70. The van der Waals surface area contributed by atoms with Crippen LogP contribution in [0.5, 0.6) is 0 Å². The maximum Gasteiger partial charge on any atom is 0.393 e. The molecule has 0 amide bonds. The van der Waals surface area contributed by atoms with E-state index in [9.17, 15) is 13.2 Å². The van der Waals surface area contributed by atoms with Crippen molar-refractivity contribution in [2.75, 3.05) is 12.3 Å². The largest absolute Gasteiger partial charge is 0.393 e. The minimum absolute atomic E-state index is 0. The molecule has 1 aromatic rings. The molecule has 0 aliphatic carbocycles. The third-order valence-electron chi connectivity index (χ3n) is 3.47. The van der Waals surface area contributed by atoms with Crippen molar-refractivity contribution in [3.63, 3.8) is 0 Å². The van der Waals surface area contributed by atoms with Crippen molar-refractivity contribution in [3.8, 4) is 0 Å². The number of alkyl halides is 3. The van der Waals surface area contributed by atoms with Crippen molar-refractivity contribution in [2.45, 2.75) is 38.5 Å². The van der Waals surface area contributed by atoms with Crippen molar-refractivity contribution in [1.29, 1.82) is 0 Å². The van der Waals surface area contributed by atoms with E-state index in [4.69, 9.17) is 5.73 Å². The number of rotatable bonds is 2. The number of aromatic nitrogens is 1. The number of thiazole rings is 1. The predicted octanol–water partition coefficient (Wildman–Crippen LogP) is 3.31. The summed E-state index contributed by atoms with van der Waals surface area (Å²) < 4.78 is 38.6. The average Bonchev–Trinajstić information content (AvgIpc) is 2.65. The van der Waals surface area contributed by atoms with Crippen LogP contribution in [0.4, 0.5) is 18.3 Å². The van der Waals surface area contributed by atoms with Gasteiger partial charge in [-0.05, 0) is 26.3 Å². The maximum atomic E-state index is 12.9. The molecule has 1 aliphatic heterocycles. The molecule has 110 valence electrons. The van der Waals surface area contributed by atoms with Crippen LogP contribution in [0.2, 0.25) is 0 Å². The SMILES string of the molecule is CC1C(C(F)(F)F)CCCN1Cc1cnc(N)s1.Cl. The minimum Gasteiger partial charge on any atom is -0.375 e. The number of anilines is 1. The Hall–Kier alpha value is -0.530. The number of piperidine rings is 1. The summed E-state index contributed by atoms with van der Waals surface area (Å²) in [6, 6.07) is -0.484. The van der Waals surface area contributed by atoms with E-state index in [0.717, 1.165) is 4.88 Å². The second kappa shape index (κ2) is 6.28. The molecule has 3 nitrogen and oxygen atoms in total. The second-order valence-corrected chi connectivity index (χ2v) is 5.81. The Kier molecular flexibility index (Phi) is 5.46. The first kappa shape index (κ1) is 16.5. The lowest BCUT2D eigenvalue weighted by molar-refractivity contribution is -0.199. The van der Waals surface area contributed by atoms with Crippen molar-refractivity contribution in [1.82, 2.24) is 9.88 Å². The standard InChI is InChI=1S/C11H16F3N3S.ClH/c1-7-9(11(12,13)14)3-2-4-17(7)6-8-5-16-10(15)18-8;/h5,7,9H,2-4,6H2,1H3,(H2,15,16);1H. The molecule has 2 rings (SSSR count). The number of nitrogens with two attached hydrogens (primary N) is 1. The summed E-state index contributed by atoms with van der Waals surface area (Å²) >= 11 is 1.34.